The van der Waals surface area contributed by atoms with Crippen LogP contribution in [0.4, 0.5) is 0 Å². The number of carbonyl (C=O) groups excluding carboxylic acids is 1. The molecule has 5 heteroatoms. The van der Waals surface area contributed by atoms with Gasteiger partial charge in [0.25, 0.3) is 0 Å². The number of benzene rings is 2. The quantitative estimate of drug-likeness (QED) is 0.736. The van der Waals surface area contributed by atoms with Crippen LogP contribution in [0.2, 0.25) is 0 Å². The predicted octanol–water partition coefficient (Wildman–Crippen LogP) is 3.86. The summed E-state index contributed by atoms with van der Waals surface area (Å²) in [5, 5.41) is 0.675. The molecule has 0 unspecified atom stereocenters. The van der Waals surface area contributed by atoms with E-state index in [0.717, 1.165) is 21.7 Å². The summed E-state index contributed by atoms with van der Waals surface area (Å²) in [6, 6.07) is 15.3. The van der Waals surface area contributed by atoms with E-state index in [9.17, 15) is 4.79 Å². The molecule has 21 heavy (non-hydrogen) atoms. The zero-order valence-electron chi connectivity index (χ0n) is 11.7. The number of carbonyl (C=O) groups is 1. The lowest BCUT2D eigenvalue weighted by Gasteiger charge is -2.05. The maximum Gasteiger partial charge on any atom is 0.230 e. The van der Waals surface area contributed by atoms with Gasteiger partial charge in [-0.15, -0.1) is 0 Å². The summed E-state index contributed by atoms with van der Waals surface area (Å²) in [4.78, 5) is 17.5. The van der Waals surface area contributed by atoms with Crippen molar-refractivity contribution < 1.29 is 9.53 Å². The Balaban J connectivity index is 2.02. The summed E-state index contributed by atoms with van der Waals surface area (Å²) >= 11 is 1.46. The smallest absolute Gasteiger partial charge is 0.230 e. The number of para-hydroxylation sites is 2. The average molecular weight is 298 g/mol. The molecular weight excluding hydrogens is 284 g/mol. The SMILES string of the molecule is COc1ccc(Sc2nc3ccccc3n2C(C)=O)cc1. The second-order valence-electron chi connectivity index (χ2n) is 4.52. The number of fused-ring (bicyclic) bond motifs is 1. The Bertz CT molecular complexity index is 794. The van der Waals surface area contributed by atoms with Gasteiger partial charge in [-0.05, 0) is 36.4 Å². The Kier molecular flexibility index (Phi) is 3.66. The number of imidazole rings is 1. The van der Waals surface area contributed by atoms with Crippen molar-refractivity contribution in [3.8, 4) is 5.75 Å². The molecule has 3 aromatic rings. The van der Waals surface area contributed by atoms with Gasteiger partial charge in [0.05, 0.1) is 18.1 Å². The Morgan fingerprint density at radius 1 is 1.14 bits per heavy atom. The van der Waals surface area contributed by atoms with Crippen LogP contribution in [0.15, 0.2) is 58.6 Å². The molecule has 0 amide bonds. The van der Waals surface area contributed by atoms with Gasteiger partial charge in [0.2, 0.25) is 5.91 Å². The highest BCUT2D eigenvalue weighted by Gasteiger charge is 2.14. The molecule has 4 nitrogen and oxygen atoms in total. The number of aromatic nitrogens is 2. The highest BCUT2D eigenvalue weighted by molar-refractivity contribution is 7.99. The van der Waals surface area contributed by atoms with Gasteiger partial charge in [-0.25, -0.2) is 4.98 Å². The summed E-state index contributed by atoms with van der Waals surface area (Å²) in [5.41, 5.74) is 1.66. The van der Waals surface area contributed by atoms with Crippen LogP contribution in [0, 0.1) is 0 Å². The number of hydrogen-bond acceptors (Lipinski definition) is 4. The molecule has 0 aliphatic rings. The monoisotopic (exact) mass is 298 g/mol. The van der Waals surface area contributed by atoms with Crippen LogP contribution < -0.4 is 4.74 Å². The molecule has 3 rings (SSSR count). The minimum Gasteiger partial charge on any atom is -0.497 e. The molecule has 0 aliphatic heterocycles. The van der Waals surface area contributed by atoms with E-state index in [1.54, 1.807) is 18.6 Å². The first-order valence-electron chi connectivity index (χ1n) is 6.49. The van der Waals surface area contributed by atoms with Gasteiger partial charge in [0.15, 0.2) is 5.16 Å². The molecule has 0 spiro atoms. The van der Waals surface area contributed by atoms with Crippen LogP contribution >= 0.6 is 11.8 Å². The highest BCUT2D eigenvalue weighted by Crippen LogP contribution is 2.31. The predicted molar refractivity (Wildman–Crippen MR) is 83.2 cm³/mol. The van der Waals surface area contributed by atoms with Crippen molar-refractivity contribution in [3.05, 3.63) is 48.5 Å². The van der Waals surface area contributed by atoms with Crippen molar-refractivity contribution in [2.45, 2.75) is 17.0 Å². The van der Waals surface area contributed by atoms with E-state index in [0.29, 0.717) is 5.16 Å². The molecule has 1 heterocycles. The lowest BCUT2D eigenvalue weighted by atomic mass is 10.3. The minimum atomic E-state index is -0.0419. The Labute approximate surface area is 126 Å². The molecule has 0 aliphatic carbocycles. The van der Waals surface area contributed by atoms with Gasteiger partial charge in [-0.3, -0.25) is 9.36 Å². The third-order valence-corrected chi connectivity index (χ3v) is 4.08. The molecule has 0 N–H and O–H groups in total. The van der Waals surface area contributed by atoms with Crippen LogP contribution in [0.3, 0.4) is 0 Å². The van der Waals surface area contributed by atoms with Crippen LogP contribution in [0.1, 0.15) is 11.7 Å². The maximum absolute atomic E-state index is 11.9. The fourth-order valence-corrected chi connectivity index (χ4v) is 3.07. The normalized spacial score (nSPS) is 10.8. The summed E-state index contributed by atoms with van der Waals surface area (Å²) in [7, 11) is 1.64. The number of ether oxygens (including phenoxy) is 1. The molecule has 2 aromatic carbocycles. The van der Waals surface area contributed by atoms with E-state index in [1.165, 1.54) is 11.8 Å². The fourth-order valence-electron chi connectivity index (χ4n) is 2.13. The van der Waals surface area contributed by atoms with E-state index in [2.05, 4.69) is 4.98 Å². The molecule has 1 aromatic heterocycles. The fraction of sp³-hybridized carbons (Fsp3) is 0.125. The first kappa shape index (κ1) is 13.7. The second-order valence-corrected chi connectivity index (χ2v) is 5.56. The standard InChI is InChI=1S/C16H14N2O2S/c1-11(19)18-15-6-4-3-5-14(15)17-16(18)21-13-9-7-12(20-2)8-10-13/h3-10H,1-2H3. The van der Waals surface area contributed by atoms with Crippen molar-refractivity contribution in [2.75, 3.05) is 7.11 Å². The summed E-state index contributed by atoms with van der Waals surface area (Å²) in [6.07, 6.45) is 0. The van der Waals surface area contributed by atoms with E-state index in [1.807, 2.05) is 48.5 Å². The summed E-state index contributed by atoms with van der Waals surface area (Å²) in [6.45, 7) is 1.55. The first-order valence-corrected chi connectivity index (χ1v) is 7.31. The number of rotatable bonds is 3. The molecule has 0 radical (unpaired) electrons. The van der Waals surface area contributed by atoms with Gasteiger partial charge < -0.3 is 4.74 Å². The van der Waals surface area contributed by atoms with Crippen molar-refractivity contribution in [2.24, 2.45) is 0 Å². The van der Waals surface area contributed by atoms with Gasteiger partial charge in [0.1, 0.15) is 5.75 Å². The largest absolute Gasteiger partial charge is 0.497 e. The van der Waals surface area contributed by atoms with Crippen molar-refractivity contribution >= 4 is 28.7 Å². The average Bonchev–Trinajstić information content (AvgIpc) is 2.86. The van der Waals surface area contributed by atoms with Crippen LogP contribution in [-0.2, 0) is 0 Å². The molecule has 0 atom stereocenters. The van der Waals surface area contributed by atoms with E-state index >= 15 is 0 Å². The van der Waals surface area contributed by atoms with Crippen LogP contribution in [0.25, 0.3) is 11.0 Å². The van der Waals surface area contributed by atoms with Crippen LogP contribution in [0.5, 0.6) is 5.75 Å². The van der Waals surface area contributed by atoms with Gasteiger partial charge in [0, 0.05) is 11.8 Å². The zero-order valence-corrected chi connectivity index (χ0v) is 12.6. The van der Waals surface area contributed by atoms with Gasteiger partial charge >= 0.3 is 0 Å². The maximum atomic E-state index is 11.9. The second kappa shape index (κ2) is 5.61. The molecule has 0 saturated carbocycles. The van der Waals surface area contributed by atoms with Gasteiger partial charge in [-0.2, -0.15) is 0 Å². The number of methoxy groups -OCH3 is 1. The van der Waals surface area contributed by atoms with E-state index < -0.39 is 0 Å². The van der Waals surface area contributed by atoms with E-state index in [4.69, 9.17) is 4.74 Å². The number of hydrogen-bond donors (Lipinski definition) is 0. The Morgan fingerprint density at radius 2 is 1.86 bits per heavy atom. The Hall–Kier alpha value is -2.27. The zero-order chi connectivity index (χ0) is 14.8. The summed E-state index contributed by atoms with van der Waals surface area (Å²) in [5.74, 6) is 0.763. The molecule has 0 saturated heterocycles. The first-order chi connectivity index (χ1) is 10.2. The third-order valence-electron chi connectivity index (χ3n) is 3.11. The highest BCUT2D eigenvalue weighted by atomic mass is 32.2. The summed E-state index contributed by atoms with van der Waals surface area (Å²) < 4.78 is 6.79. The minimum absolute atomic E-state index is 0.0419. The van der Waals surface area contributed by atoms with E-state index in [-0.39, 0.29) is 5.91 Å². The van der Waals surface area contributed by atoms with Crippen molar-refractivity contribution in [1.82, 2.24) is 9.55 Å². The topological polar surface area (TPSA) is 44.1 Å². The molecule has 0 fully saturated rings. The van der Waals surface area contributed by atoms with Crippen molar-refractivity contribution in [3.63, 3.8) is 0 Å². The lowest BCUT2D eigenvalue weighted by molar-refractivity contribution is 0.0931. The van der Waals surface area contributed by atoms with Crippen LogP contribution in [-0.4, -0.2) is 22.6 Å². The molecule has 106 valence electrons. The Morgan fingerprint density at radius 3 is 2.52 bits per heavy atom. The molecule has 0 bridgehead atoms. The van der Waals surface area contributed by atoms with Gasteiger partial charge in [-0.1, -0.05) is 23.9 Å². The third kappa shape index (κ3) is 2.64. The number of nitrogens with zero attached hydrogens (tertiary/aromatic N) is 2. The lowest BCUT2D eigenvalue weighted by Crippen LogP contribution is -2.06. The van der Waals surface area contributed by atoms with Crippen molar-refractivity contribution in [1.29, 1.82) is 0 Å². The molecular formula is C16H14N2O2S.